The van der Waals surface area contributed by atoms with Crippen molar-refractivity contribution in [2.75, 3.05) is 11.5 Å². The first-order chi connectivity index (χ1) is 9.08. The Morgan fingerprint density at radius 3 is 2.00 bits per heavy atom. The van der Waals surface area contributed by atoms with E-state index in [9.17, 15) is 21.6 Å². The number of hydrogen-bond acceptors (Lipinski definition) is 6. The Hall–Kier alpha value is -1.17. The first kappa shape index (κ1) is 16.9. The third-order valence-corrected chi connectivity index (χ3v) is 4.07. The van der Waals surface area contributed by atoms with Crippen LogP contribution in [0.1, 0.15) is 25.7 Å². The Morgan fingerprint density at radius 2 is 1.45 bits per heavy atom. The molecule has 0 saturated carbocycles. The second-order valence-electron chi connectivity index (χ2n) is 4.21. The van der Waals surface area contributed by atoms with Gasteiger partial charge < -0.3 is 0 Å². The van der Waals surface area contributed by atoms with Crippen LogP contribution < -0.4 is 0 Å². The van der Waals surface area contributed by atoms with Gasteiger partial charge in [0.05, 0.1) is 17.2 Å². The molecule has 114 valence electrons. The number of nitrogens with zero attached hydrogens (tertiary/aromatic N) is 2. The predicted molar refractivity (Wildman–Crippen MR) is 68.2 cm³/mol. The third kappa shape index (κ3) is 6.32. The Balaban J connectivity index is 2.58. The molecule has 0 aromatic heterocycles. The molecule has 1 heterocycles. The van der Waals surface area contributed by atoms with Crippen LogP contribution >= 0.6 is 0 Å². The molecule has 0 aromatic rings. The first-order valence-electron chi connectivity index (χ1n) is 5.67. The first-order valence-corrected chi connectivity index (χ1v) is 8.89. The van der Waals surface area contributed by atoms with E-state index in [1.54, 1.807) is 0 Å². The number of unbranched alkanes of at least 4 members (excludes halogenated alkanes) is 1. The van der Waals surface area contributed by atoms with Crippen molar-refractivity contribution in [3.05, 3.63) is 11.3 Å². The van der Waals surface area contributed by atoms with Crippen molar-refractivity contribution in [1.29, 1.82) is 0 Å². The SMILES string of the molecule is O=C1N=NC(CCS(=O)(=O)O)=C1CCCCS(=O)(=O)O. The molecule has 0 radical (unpaired) electrons. The van der Waals surface area contributed by atoms with Crippen LogP contribution in [0.5, 0.6) is 0 Å². The Bertz CT molecular complexity index is 646. The Labute approximate surface area is 116 Å². The minimum absolute atomic E-state index is 0.137. The number of rotatable bonds is 8. The van der Waals surface area contributed by atoms with Crippen LogP contribution in [-0.2, 0) is 25.0 Å². The highest BCUT2D eigenvalue weighted by molar-refractivity contribution is 7.86. The van der Waals surface area contributed by atoms with Crippen LogP contribution in [0.15, 0.2) is 21.5 Å². The molecule has 0 aliphatic carbocycles. The molecule has 0 fully saturated rings. The van der Waals surface area contributed by atoms with Crippen molar-refractivity contribution in [2.24, 2.45) is 10.2 Å². The van der Waals surface area contributed by atoms with Crippen molar-refractivity contribution in [1.82, 2.24) is 0 Å². The Morgan fingerprint density at radius 1 is 0.850 bits per heavy atom. The van der Waals surface area contributed by atoms with Gasteiger partial charge in [0.15, 0.2) is 0 Å². The summed E-state index contributed by atoms with van der Waals surface area (Å²) in [7, 11) is -8.19. The molecular weight excluding hydrogens is 312 g/mol. The van der Waals surface area contributed by atoms with Crippen LogP contribution in [0.3, 0.4) is 0 Å². The molecule has 0 spiro atoms. The Kier molecular flexibility index (Phi) is 5.50. The molecule has 1 aliphatic heterocycles. The number of hydrogen-bond donors (Lipinski definition) is 2. The highest BCUT2D eigenvalue weighted by Gasteiger charge is 2.22. The van der Waals surface area contributed by atoms with Gasteiger partial charge in [0.2, 0.25) is 0 Å². The fourth-order valence-corrected chi connectivity index (χ4v) is 2.63. The van der Waals surface area contributed by atoms with Crippen molar-refractivity contribution in [3.8, 4) is 0 Å². The van der Waals surface area contributed by atoms with E-state index in [2.05, 4.69) is 10.2 Å². The van der Waals surface area contributed by atoms with Crippen LogP contribution in [-0.4, -0.2) is 43.4 Å². The summed E-state index contributed by atoms with van der Waals surface area (Å²) in [5, 5.41) is 6.84. The fraction of sp³-hybridized carbons (Fsp3) is 0.667. The topological polar surface area (TPSA) is 151 Å². The summed E-state index contributed by atoms with van der Waals surface area (Å²) in [5.41, 5.74) is 0.392. The minimum atomic E-state index is -4.16. The average molecular weight is 326 g/mol. The van der Waals surface area contributed by atoms with Crippen molar-refractivity contribution in [2.45, 2.75) is 25.7 Å². The summed E-state index contributed by atoms with van der Waals surface area (Å²) >= 11 is 0. The summed E-state index contributed by atoms with van der Waals surface area (Å²) in [6.07, 6.45) is 0.506. The number of azo groups is 1. The van der Waals surface area contributed by atoms with Gasteiger partial charge in [-0.15, -0.1) is 5.11 Å². The monoisotopic (exact) mass is 326 g/mol. The normalized spacial score (nSPS) is 16.2. The summed E-state index contributed by atoms with van der Waals surface area (Å²) in [6.45, 7) is 0. The number of carbonyl (C=O) groups excluding carboxylic acids is 1. The second-order valence-corrected chi connectivity index (χ2v) is 7.35. The fourth-order valence-electron chi connectivity index (χ4n) is 1.61. The maximum atomic E-state index is 11.4. The van der Waals surface area contributed by atoms with E-state index < -0.39 is 37.6 Å². The van der Waals surface area contributed by atoms with Gasteiger partial charge in [-0.25, -0.2) is 0 Å². The number of amides is 1. The molecule has 2 N–H and O–H groups in total. The highest BCUT2D eigenvalue weighted by atomic mass is 32.2. The van der Waals surface area contributed by atoms with Gasteiger partial charge in [0.25, 0.3) is 26.1 Å². The van der Waals surface area contributed by atoms with E-state index in [1.165, 1.54) is 0 Å². The lowest BCUT2D eigenvalue weighted by atomic mass is 10.1. The molecule has 1 amide bonds. The summed E-state index contributed by atoms with van der Waals surface area (Å²) in [5.74, 6) is -1.58. The van der Waals surface area contributed by atoms with Crippen LogP contribution in [0.2, 0.25) is 0 Å². The average Bonchev–Trinajstić information content (AvgIpc) is 2.61. The summed E-state index contributed by atoms with van der Waals surface area (Å²) in [4.78, 5) is 11.4. The van der Waals surface area contributed by atoms with Gasteiger partial charge in [0, 0.05) is 12.0 Å². The molecular formula is C9H14N2O7S2. The molecule has 20 heavy (non-hydrogen) atoms. The van der Waals surface area contributed by atoms with E-state index >= 15 is 0 Å². The van der Waals surface area contributed by atoms with E-state index in [0.717, 1.165) is 0 Å². The number of allylic oxidation sites excluding steroid dienone is 1. The van der Waals surface area contributed by atoms with Crippen molar-refractivity contribution in [3.63, 3.8) is 0 Å². The molecule has 1 aliphatic rings. The van der Waals surface area contributed by atoms with Gasteiger partial charge in [-0.05, 0) is 19.3 Å². The van der Waals surface area contributed by atoms with Gasteiger partial charge >= 0.3 is 0 Å². The van der Waals surface area contributed by atoms with E-state index in [1.807, 2.05) is 0 Å². The van der Waals surface area contributed by atoms with Gasteiger partial charge in [-0.3, -0.25) is 13.9 Å². The minimum Gasteiger partial charge on any atom is -0.286 e. The van der Waals surface area contributed by atoms with E-state index in [4.69, 9.17) is 9.11 Å². The van der Waals surface area contributed by atoms with Crippen LogP contribution in [0, 0.1) is 0 Å². The van der Waals surface area contributed by atoms with E-state index in [-0.39, 0.29) is 30.5 Å². The lowest BCUT2D eigenvalue weighted by molar-refractivity contribution is -0.114. The van der Waals surface area contributed by atoms with Crippen molar-refractivity contribution >= 4 is 26.1 Å². The van der Waals surface area contributed by atoms with Gasteiger partial charge in [-0.2, -0.15) is 21.9 Å². The van der Waals surface area contributed by atoms with Crippen molar-refractivity contribution < 1.29 is 30.7 Å². The largest absolute Gasteiger partial charge is 0.293 e. The third-order valence-electron chi connectivity index (χ3n) is 2.54. The maximum Gasteiger partial charge on any atom is 0.293 e. The molecule has 9 nitrogen and oxygen atoms in total. The molecule has 11 heteroatoms. The summed E-state index contributed by atoms with van der Waals surface area (Å²) < 4.78 is 59.5. The zero-order valence-electron chi connectivity index (χ0n) is 10.4. The molecule has 0 unspecified atom stereocenters. The smallest absolute Gasteiger partial charge is 0.286 e. The maximum absolute atomic E-state index is 11.4. The quantitative estimate of drug-likeness (QED) is 0.488. The number of carbonyl (C=O) groups is 1. The zero-order chi connectivity index (χ0) is 15.4. The van der Waals surface area contributed by atoms with Gasteiger partial charge in [0.1, 0.15) is 0 Å². The van der Waals surface area contributed by atoms with Crippen LogP contribution in [0.4, 0.5) is 0 Å². The van der Waals surface area contributed by atoms with Gasteiger partial charge in [-0.1, -0.05) is 0 Å². The lowest BCUT2D eigenvalue weighted by Gasteiger charge is -2.02. The highest BCUT2D eigenvalue weighted by Crippen LogP contribution is 2.24. The summed E-state index contributed by atoms with van der Waals surface area (Å²) in [6, 6.07) is 0. The molecule has 1 rings (SSSR count). The lowest BCUT2D eigenvalue weighted by Crippen LogP contribution is -2.06. The molecule has 0 aromatic carbocycles. The standard InChI is InChI=1S/C9H14N2O7S2/c12-9-7(3-1-2-5-19(13,14)15)8(10-11-9)4-6-20(16,17)18/h1-6H2,(H,13,14,15)(H,16,17,18). The zero-order valence-corrected chi connectivity index (χ0v) is 12.0. The van der Waals surface area contributed by atoms with Crippen LogP contribution in [0.25, 0.3) is 0 Å². The second kappa shape index (κ2) is 6.52. The molecule has 0 bridgehead atoms. The molecule has 0 saturated heterocycles. The van der Waals surface area contributed by atoms with E-state index in [0.29, 0.717) is 6.42 Å². The predicted octanol–water partition coefficient (Wildman–Crippen LogP) is 0.569. The molecule has 0 atom stereocenters.